The molecule has 0 saturated carbocycles. The van der Waals surface area contributed by atoms with Gasteiger partial charge in [0.05, 0.1) is 25.0 Å². The lowest BCUT2D eigenvalue weighted by Gasteiger charge is -2.22. The first-order valence-electron chi connectivity index (χ1n) is 27.2. The molecular formula is C54H107NO5. The molecule has 0 bridgehead atoms. The molecule has 0 heterocycles. The van der Waals surface area contributed by atoms with Crippen LogP contribution in [0.1, 0.15) is 285 Å². The number of carbonyl (C=O) groups excluding carboxylic acids is 2. The smallest absolute Gasteiger partial charge is 0.308 e. The van der Waals surface area contributed by atoms with Gasteiger partial charge in [-0.3, -0.25) is 9.59 Å². The van der Waals surface area contributed by atoms with Gasteiger partial charge in [0.25, 0.3) is 0 Å². The number of rotatable bonds is 50. The first-order chi connectivity index (χ1) is 29.5. The maximum absolute atomic E-state index is 12.9. The van der Waals surface area contributed by atoms with Gasteiger partial charge in [0.2, 0.25) is 0 Å². The van der Waals surface area contributed by atoms with Gasteiger partial charge < -0.3 is 19.5 Å². The second kappa shape index (κ2) is 48.9. The van der Waals surface area contributed by atoms with Gasteiger partial charge in [-0.2, -0.15) is 0 Å². The molecule has 0 aliphatic carbocycles. The topological polar surface area (TPSA) is 76.1 Å². The van der Waals surface area contributed by atoms with Crippen LogP contribution in [0.15, 0.2) is 0 Å². The van der Waals surface area contributed by atoms with Crippen LogP contribution in [-0.2, 0) is 19.1 Å². The minimum atomic E-state index is 0.0741. The molecule has 6 nitrogen and oxygen atoms in total. The van der Waals surface area contributed by atoms with Crippen LogP contribution in [0.25, 0.3) is 0 Å². The van der Waals surface area contributed by atoms with Crippen molar-refractivity contribution < 1.29 is 24.2 Å². The summed E-state index contributed by atoms with van der Waals surface area (Å²) in [4.78, 5) is 28.5. The van der Waals surface area contributed by atoms with Gasteiger partial charge in [-0.15, -0.1) is 0 Å². The molecule has 0 rings (SSSR count). The van der Waals surface area contributed by atoms with Crippen LogP contribution in [-0.4, -0.2) is 61.4 Å². The molecule has 0 radical (unpaired) electrons. The maximum Gasteiger partial charge on any atom is 0.308 e. The fraction of sp³-hybridized carbons (Fsp3) is 0.963. The third-order valence-corrected chi connectivity index (χ3v) is 12.9. The summed E-state index contributed by atoms with van der Waals surface area (Å²) < 4.78 is 11.6. The maximum atomic E-state index is 12.9. The van der Waals surface area contributed by atoms with E-state index in [9.17, 15) is 14.7 Å². The molecule has 0 aliphatic rings. The van der Waals surface area contributed by atoms with Crippen LogP contribution in [0.3, 0.4) is 0 Å². The van der Waals surface area contributed by atoms with Gasteiger partial charge in [-0.25, -0.2) is 0 Å². The number of nitrogens with zero attached hydrogens (tertiary/aromatic N) is 1. The molecule has 0 aromatic heterocycles. The molecular weight excluding hydrogens is 743 g/mol. The lowest BCUT2D eigenvalue weighted by atomic mass is 9.94. The van der Waals surface area contributed by atoms with Crippen molar-refractivity contribution in [2.45, 2.75) is 285 Å². The quantitative estimate of drug-likeness (QED) is 0.0485. The lowest BCUT2D eigenvalue weighted by molar-refractivity contribution is -0.150. The molecule has 2 atom stereocenters. The summed E-state index contributed by atoms with van der Waals surface area (Å²) in [5, 5.41) is 9.33. The number of aliphatic hydroxyl groups is 1. The Kier molecular flexibility index (Phi) is 48.0. The molecule has 0 saturated heterocycles. The van der Waals surface area contributed by atoms with Crippen LogP contribution in [0.2, 0.25) is 0 Å². The highest BCUT2D eigenvalue weighted by molar-refractivity contribution is 5.72. The summed E-state index contributed by atoms with van der Waals surface area (Å²) in [6.45, 7) is 14.0. The summed E-state index contributed by atoms with van der Waals surface area (Å²) in [7, 11) is 0. The summed E-state index contributed by atoms with van der Waals surface area (Å²) in [6, 6.07) is 0. The number of ether oxygens (including phenoxy) is 2. The number of hydrogen-bond donors (Lipinski definition) is 1. The third kappa shape index (κ3) is 40.9. The van der Waals surface area contributed by atoms with Gasteiger partial charge in [-0.05, 0) is 83.8 Å². The first-order valence-corrected chi connectivity index (χ1v) is 27.2. The molecule has 0 fully saturated rings. The fourth-order valence-electron chi connectivity index (χ4n) is 8.74. The van der Waals surface area contributed by atoms with Crippen molar-refractivity contribution in [3.63, 3.8) is 0 Å². The van der Waals surface area contributed by atoms with E-state index in [1.165, 1.54) is 193 Å². The van der Waals surface area contributed by atoms with Crippen molar-refractivity contribution in [2.75, 3.05) is 39.5 Å². The summed E-state index contributed by atoms with van der Waals surface area (Å²) in [5.41, 5.74) is 0. The molecule has 0 aliphatic heterocycles. The Morgan fingerprint density at radius 1 is 0.350 bits per heavy atom. The van der Waals surface area contributed by atoms with E-state index in [0.29, 0.717) is 19.8 Å². The zero-order valence-corrected chi connectivity index (χ0v) is 41.2. The molecule has 0 aromatic carbocycles. The monoisotopic (exact) mass is 850 g/mol. The number of hydrogen-bond acceptors (Lipinski definition) is 6. The Bertz CT molecular complexity index is 803. The summed E-state index contributed by atoms with van der Waals surface area (Å²) >= 11 is 0. The van der Waals surface area contributed by atoms with Crippen LogP contribution < -0.4 is 0 Å². The number of aliphatic hydroxyl groups excluding tert-OH is 1. The summed E-state index contributed by atoms with van der Waals surface area (Å²) in [5.74, 6) is 0.369. The SMILES string of the molecule is CCCCCCCCC(CCCCCC)C(=O)OCCCCCCCCCN(CCCCO)CCCCCCCCCOC(=O)C(CCCCCC)CCCCCCCC. The molecule has 1 N–H and O–H groups in total. The molecule has 0 amide bonds. The summed E-state index contributed by atoms with van der Waals surface area (Å²) in [6.07, 6.45) is 48.2. The van der Waals surface area contributed by atoms with E-state index in [2.05, 4.69) is 32.6 Å². The minimum absolute atomic E-state index is 0.0741. The standard InChI is InChI=1S/C54H107NO5/c1-5-9-13-17-25-33-43-51(41-31-15-11-7-3)53(57)59-49-39-29-23-19-21-27-35-45-55(47-37-38-48-56)46-36-28-22-20-24-30-40-50-60-54(58)52(42-32-16-12-8-4)44-34-26-18-14-10-6-2/h51-52,56H,5-50H2,1-4H3. The van der Waals surface area contributed by atoms with Crippen molar-refractivity contribution in [3.8, 4) is 0 Å². The van der Waals surface area contributed by atoms with E-state index in [4.69, 9.17) is 9.47 Å². The first kappa shape index (κ1) is 58.9. The molecule has 0 spiro atoms. The van der Waals surface area contributed by atoms with Crippen LogP contribution in [0.4, 0.5) is 0 Å². The molecule has 2 unspecified atom stereocenters. The van der Waals surface area contributed by atoms with Gasteiger partial charge in [0.15, 0.2) is 0 Å². The zero-order valence-electron chi connectivity index (χ0n) is 41.2. The molecule has 6 heteroatoms. The normalized spacial score (nSPS) is 12.6. The Labute approximate surface area is 375 Å². The number of unbranched alkanes of at least 4 members (excludes halogenated alkanes) is 29. The largest absolute Gasteiger partial charge is 0.465 e. The second-order valence-electron chi connectivity index (χ2n) is 18.8. The van der Waals surface area contributed by atoms with E-state index in [-0.39, 0.29) is 23.8 Å². The van der Waals surface area contributed by atoms with Crippen molar-refractivity contribution in [2.24, 2.45) is 11.8 Å². The predicted octanol–water partition coefficient (Wildman–Crippen LogP) is 16.3. The minimum Gasteiger partial charge on any atom is -0.465 e. The average Bonchev–Trinajstić information content (AvgIpc) is 3.25. The van der Waals surface area contributed by atoms with Crippen molar-refractivity contribution in [1.29, 1.82) is 0 Å². The third-order valence-electron chi connectivity index (χ3n) is 12.9. The number of carbonyl (C=O) groups is 2. The van der Waals surface area contributed by atoms with Crippen LogP contribution in [0.5, 0.6) is 0 Å². The van der Waals surface area contributed by atoms with E-state index in [1.807, 2.05) is 0 Å². The van der Waals surface area contributed by atoms with Crippen molar-refractivity contribution in [1.82, 2.24) is 4.90 Å². The Balaban J connectivity index is 4.13. The molecule has 0 aromatic rings. The van der Waals surface area contributed by atoms with E-state index in [1.54, 1.807) is 0 Å². The van der Waals surface area contributed by atoms with Crippen molar-refractivity contribution >= 4 is 11.9 Å². The van der Waals surface area contributed by atoms with Gasteiger partial charge in [-0.1, -0.05) is 220 Å². The zero-order chi connectivity index (χ0) is 43.8. The highest BCUT2D eigenvalue weighted by Gasteiger charge is 2.20. The van der Waals surface area contributed by atoms with Gasteiger partial charge >= 0.3 is 11.9 Å². The predicted molar refractivity (Wildman–Crippen MR) is 260 cm³/mol. The lowest BCUT2D eigenvalue weighted by Crippen LogP contribution is -2.27. The van der Waals surface area contributed by atoms with E-state index < -0.39 is 0 Å². The Morgan fingerprint density at radius 2 is 0.600 bits per heavy atom. The number of esters is 2. The van der Waals surface area contributed by atoms with Crippen LogP contribution >= 0.6 is 0 Å². The Hall–Kier alpha value is -1.14. The average molecular weight is 850 g/mol. The molecule has 358 valence electrons. The van der Waals surface area contributed by atoms with Crippen LogP contribution in [0, 0.1) is 11.8 Å². The van der Waals surface area contributed by atoms with E-state index in [0.717, 1.165) is 83.6 Å². The highest BCUT2D eigenvalue weighted by Crippen LogP contribution is 2.22. The van der Waals surface area contributed by atoms with Gasteiger partial charge in [0, 0.05) is 6.61 Å². The Morgan fingerprint density at radius 3 is 0.917 bits per heavy atom. The second-order valence-corrected chi connectivity index (χ2v) is 18.8. The molecule has 60 heavy (non-hydrogen) atoms. The highest BCUT2D eigenvalue weighted by atomic mass is 16.5. The van der Waals surface area contributed by atoms with E-state index >= 15 is 0 Å². The van der Waals surface area contributed by atoms with Crippen molar-refractivity contribution in [3.05, 3.63) is 0 Å². The fourth-order valence-corrected chi connectivity index (χ4v) is 8.74. The van der Waals surface area contributed by atoms with Gasteiger partial charge in [0.1, 0.15) is 0 Å².